The van der Waals surface area contributed by atoms with Crippen molar-refractivity contribution in [2.24, 2.45) is 0 Å². The summed E-state index contributed by atoms with van der Waals surface area (Å²) in [4.78, 5) is 15.3. The van der Waals surface area contributed by atoms with Crippen LogP contribution in [0.1, 0.15) is 16.1 Å². The van der Waals surface area contributed by atoms with Crippen LogP contribution in [0.5, 0.6) is 11.6 Å². The van der Waals surface area contributed by atoms with Crippen molar-refractivity contribution in [3.8, 4) is 11.6 Å². The Morgan fingerprint density at radius 2 is 1.95 bits per heavy atom. The second-order valence-electron chi connectivity index (χ2n) is 4.60. The standard InChI is InChI=1S/C16H13N3O3/c20-16(21)14-8-9-18-19(14)11-12-6-7-15(17-10-12)22-13-4-2-1-3-5-13/h1-10H,11H2,(H,20,21). The van der Waals surface area contributed by atoms with Crippen molar-refractivity contribution in [2.75, 3.05) is 0 Å². The number of benzene rings is 1. The lowest BCUT2D eigenvalue weighted by Gasteiger charge is -2.07. The summed E-state index contributed by atoms with van der Waals surface area (Å²) in [5.74, 6) is 0.186. The number of rotatable bonds is 5. The molecule has 3 aromatic rings. The number of aromatic carboxylic acids is 1. The molecule has 0 amide bonds. The number of para-hydroxylation sites is 1. The second kappa shape index (κ2) is 6.09. The number of carbonyl (C=O) groups is 1. The predicted octanol–water partition coefficient (Wildman–Crippen LogP) is 2.82. The van der Waals surface area contributed by atoms with Crippen LogP contribution in [-0.4, -0.2) is 25.8 Å². The maximum absolute atomic E-state index is 11.0. The molecule has 2 aromatic heterocycles. The Balaban J connectivity index is 1.72. The Morgan fingerprint density at radius 1 is 1.14 bits per heavy atom. The summed E-state index contributed by atoms with van der Waals surface area (Å²) >= 11 is 0. The number of aromatic nitrogens is 3. The fourth-order valence-corrected chi connectivity index (χ4v) is 1.99. The average molecular weight is 295 g/mol. The van der Waals surface area contributed by atoms with Crippen molar-refractivity contribution in [2.45, 2.75) is 6.54 Å². The Morgan fingerprint density at radius 3 is 2.64 bits per heavy atom. The highest BCUT2D eigenvalue weighted by molar-refractivity contribution is 5.85. The molecule has 1 N–H and O–H groups in total. The highest BCUT2D eigenvalue weighted by Gasteiger charge is 2.10. The lowest BCUT2D eigenvalue weighted by molar-refractivity contribution is 0.0684. The van der Waals surface area contributed by atoms with E-state index in [1.165, 1.54) is 16.9 Å². The van der Waals surface area contributed by atoms with Crippen LogP contribution >= 0.6 is 0 Å². The largest absolute Gasteiger partial charge is 0.477 e. The molecule has 6 nitrogen and oxygen atoms in total. The summed E-state index contributed by atoms with van der Waals surface area (Å²) in [6.45, 7) is 0.341. The molecule has 0 radical (unpaired) electrons. The van der Waals surface area contributed by atoms with Gasteiger partial charge in [-0.3, -0.25) is 4.68 Å². The molecule has 0 saturated heterocycles. The predicted molar refractivity (Wildman–Crippen MR) is 79.0 cm³/mol. The van der Waals surface area contributed by atoms with Gasteiger partial charge in [0.2, 0.25) is 5.88 Å². The van der Waals surface area contributed by atoms with Gasteiger partial charge in [-0.15, -0.1) is 0 Å². The third-order valence-electron chi connectivity index (χ3n) is 3.03. The summed E-state index contributed by atoms with van der Waals surface area (Å²) in [6, 6.07) is 14.4. The first-order valence-corrected chi connectivity index (χ1v) is 6.65. The van der Waals surface area contributed by atoms with E-state index in [0.29, 0.717) is 18.2 Å². The molecule has 3 rings (SSSR count). The van der Waals surface area contributed by atoms with E-state index < -0.39 is 5.97 Å². The van der Waals surface area contributed by atoms with Crippen LogP contribution in [0.2, 0.25) is 0 Å². The van der Waals surface area contributed by atoms with Crippen LogP contribution in [0.4, 0.5) is 0 Å². The fraction of sp³-hybridized carbons (Fsp3) is 0.0625. The summed E-state index contributed by atoms with van der Waals surface area (Å²) in [5.41, 5.74) is 0.983. The minimum atomic E-state index is -1.01. The zero-order chi connectivity index (χ0) is 15.4. The van der Waals surface area contributed by atoms with E-state index in [1.54, 1.807) is 12.3 Å². The Hall–Kier alpha value is -3.15. The van der Waals surface area contributed by atoms with Crippen molar-refractivity contribution in [3.63, 3.8) is 0 Å². The first-order chi connectivity index (χ1) is 10.7. The van der Waals surface area contributed by atoms with Crippen molar-refractivity contribution in [1.82, 2.24) is 14.8 Å². The summed E-state index contributed by atoms with van der Waals surface area (Å²) in [7, 11) is 0. The molecular formula is C16H13N3O3. The van der Waals surface area contributed by atoms with Gasteiger partial charge in [-0.2, -0.15) is 5.10 Å². The highest BCUT2D eigenvalue weighted by atomic mass is 16.5. The van der Waals surface area contributed by atoms with Gasteiger partial charge in [0.05, 0.1) is 6.54 Å². The Bertz CT molecular complexity index is 767. The third kappa shape index (κ3) is 3.12. The van der Waals surface area contributed by atoms with Crippen LogP contribution in [0.25, 0.3) is 0 Å². The van der Waals surface area contributed by atoms with Gasteiger partial charge in [0.1, 0.15) is 11.4 Å². The van der Waals surface area contributed by atoms with E-state index in [-0.39, 0.29) is 5.69 Å². The van der Waals surface area contributed by atoms with Gasteiger partial charge in [0, 0.05) is 18.5 Å². The van der Waals surface area contributed by atoms with E-state index in [0.717, 1.165) is 5.56 Å². The quantitative estimate of drug-likeness (QED) is 0.783. The molecule has 0 bridgehead atoms. The molecule has 6 heteroatoms. The molecule has 110 valence electrons. The van der Waals surface area contributed by atoms with E-state index in [1.807, 2.05) is 36.4 Å². The number of nitrogens with zero attached hydrogens (tertiary/aromatic N) is 3. The summed E-state index contributed by atoms with van der Waals surface area (Å²) in [5, 5.41) is 13.0. The second-order valence-corrected chi connectivity index (χ2v) is 4.60. The zero-order valence-electron chi connectivity index (χ0n) is 11.6. The van der Waals surface area contributed by atoms with E-state index in [2.05, 4.69) is 10.1 Å². The van der Waals surface area contributed by atoms with E-state index in [9.17, 15) is 4.79 Å². The minimum absolute atomic E-state index is 0.143. The van der Waals surface area contributed by atoms with Crippen molar-refractivity contribution in [1.29, 1.82) is 0 Å². The number of hydrogen-bond donors (Lipinski definition) is 1. The van der Waals surface area contributed by atoms with Gasteiger partial charge in [-0.05, 0) is 23.8 Å². The zero-order valence-corrected chi connectivity index (χ0v) is 11.6. The SMILES string of the molecule is O=C(O)c1ccnn1Cc1ccc(Oc2ccccc2)nc1. The van der Waals surface area contributed by atoms with Crippen LogP contribution in [0.15, 0.2) is 60.9 Å². The molecule has 0 fully saturated rings. The Kier molecular flexibility index (Phi) is 3.82. The maximum atomic E-state index is 11.0. The van der Waals surface area contributed by atoms with E-state index >= 15 is 0 Å². The molecular weight excluding hydrogens is 282 g/mol. The van der Waals surface area contributed by atoms with Crippen LogP contribution in [0, 0.1) is 0 Å². The van der Waals surface area contributed by atoms with Crippen LogP contribution in [0.3, 0.4) is 0 Å². The van der Waals surface area contributed by atoms with Gasteiger partial charge < -0.3 is 9.84 Å². The molecule has 0 aliphatic carbocycles. The molecule has 0 aliphatic rings. The average Bonchev–Trinajstić information content (AvgIpc) is 2.99. The maximum Gasteiger partial charge on any atom is 0.354 e. The van der Waals surface area contributed by atoms with Gasteiger partial charge >= 0.3 is 5.97 Å². The van der Waals surface area contributed by atoms with Crippen LogP contribution in [-0.2, 0) is 6.54 Å². The van der Waals surface area contributed by atoms with Crippen molar-refractivity contribution < 1.29 is 14.6 Å². The molecule has 0 atom stereocenters. The molecule has 1 aromatic carbocycles. The molecule has 0 spiro atoms. The lowest BCUT2D eigenvalue weighted by Crippen LogP contribution is -2.10. The van der Waals surface area contributed by atoms with E-state index in [4.69, 9.17) is 9.84 Å². The van der Waals surface area contributed by atoms with Crippen LogP contribution < -0.4 is 4.74 Å². The number of carboxylic acid groups (broad SMARTS) is 1. The van der Waals surface area contributed by atoms with Gasteiger partial charge in [0.15, 0.2) is 0 Å². The van der Waals surface area contributed by atoms with Gasteiger partial charge in [-0.25, -0.2) is 9.78 Å². The molecule has 22 heavy (non-hydrogen) atoms. The fourth-order valence-electron chi connectivity index (χ4n) is 1.99. The Labute approximate surface area is 126 Å². The van der Waals surface area contributed by atoms with Gasteiger partial charge in [0.25, 0.3) is 0 Å². The van der Waals surface area contributed by atoms with Crippen molar-refractivity contribution >= 4 is 5.97 Å². The molecule has 0 unspecified atom stereocenters. The normalized spacial score (nSPS) is 10.4. The topological polar surface area (TPSA) is 77.2 Å². The monoisotopic (exact) mass is 295 g/mol. The molecule has 2 heterocycles. The number of carboxylic acids is 1. The first-order valence-electron chi connectivity index (χ1n) is 6.65. The first kappa shape index (κ1) is 13.8. The van der Waals surface area contributed by atoms with Gasteiger partial charge in [-0.1, -0.05) is 24.3 Å². The number of ether oxygens (including phenoxy) is 1. The third-order valence-corrected chi connectivity index (χ3v) is 3.03. The number of pyridine rings is 1. The highest BCUT2D eigenvalue weighted by Crippen LogP contribution is 2.18. The summed E-state index contributed by atoms with van der Waals surface area (Å²) in [6.07, 6.45) is 3.11. The molecule has 0 aliphatic heterocycles. The smallest absolute Gasteiger partial charge is 0.354 e. The van der Waals surface area contributed by atoms with Crippen molar-refractivity contribution in [3.05, 3.63) is 72.2 Å². The molecule has 0 saturated carbocycles. The minimum Gasteiger partial charge on any atom is -0.477 e. The summed E-state index contributed by atoms with van der Waals surface area (Å²) < 4.78 is 7.02. The lowest BCUT2D eigenvalue weighted by atomic mass is 10.3. The number of hydrogen-bond acceptors (Lipinski definition) is 4.